The number of sulfonamides is 1. The van der Waals surface area contributed by atoms with Crippen LogP contribution in [0.4, 0.5) is 0 Å². The molecule has 3 heterocycles. The van der Waals surface area contributed by atoms with E-state index in [-0.39, 0.29) is 12.0 Å². The van der Waals surface area contributed by atoms with E-state index < -0.39 is 10.0 Å². The third-order valence-corrected chi connectivity index (χ3v) is 6.30. The van der Waals surface area contributed by atoms with Gasteiger partial charge in [-0.25, -0.2) is 8.42 Å². The number of aromatic nitrogens is 2. The molecule has 0 bridgehead atoms. The van der Waals surface area contributed by atoms with E-state index in [1.165, 1.54) is 15.6 Å². The molecule has 8 heteroatoms. The second-order valence-electron chi connectivity index (χ2n) is 5.38. The summed E-state index contributed by atoms with van der Waals surface area (Å²) in [7, 11) is -3.49. The summed E-state index contributed by atoms with van der Waals surface area (Å²) < 4.78 is 32.1. The summed E-state index contributed by atoms with van der Waals surface area (Å²) in [6, 6.07) is 1.28. The van der Waals surface area contributed by atoms with Crippen LogP contribution in [0.2, 0.25) is 0 Å². The monoisotopic (exact) mass is 327 g/mol. The Kier molecular flexibility index (Phi) is 3.85. The van der Waals surface area contributed by atoms with Crippen molar-refractivity contribution in [2.45, 2.75) is 43.5 Å². The minimum atomic E-state index is -3.49. The molecule has 1 aliphatic rings. The van der Waals surface area contributed by atoms with Crippen molar-refractivity contribution >= 4 is 21.4 Å². The highest BCUT2D eigenvalue weighted by Crippen LogP contribution is 2.36. The van der Waals surface area contributed by atoms with Gasteiger partial charge in [0.25, 0.3) is 0 Å². The topological polar surface area (TPSA) is 76.3 Å². The molecule has 2 aromatic rings. The van der Waals surface area contributed by atoms with Crippen LogP contribution < -0.4 is 0 Å². The molecule has 0 aliphatic carbocycles. The van der Waals surface area contributed by atoms with E-state index in [1.54, 1.807) is 16.8 Å². The molecule has 0 N–H and O–H groups in total. The van der Waals surface area contributed by atoms with Crippen LogP contribution in [0.25, 0.3) is 0 Å². The first kappa shape index (κ1) is 14.7. The SMILES string of the molecule is CC(C)c1noc([C@@H]2CCCN2S(=O)(=O)c2ccsc2)n1. The zero-order valence-electron chi connectivity index (χ0n) is 11.9. The summed E-state index contributed by atoms with van der Waals surface area (Å²) in [6.07, 6.45) is 1.51. The minimum Gasteiger partial charge on any atom is -0.338 e. The van der Waals surface area contributed by atoms with Crippen LogP contribution in [0.5, 0.6) is 0 Å². The second-order valence-corrected chi connectivity index (χ2v) is 8.05. The molecule has 114 valence electrons. The van der Waals surface area contributed by atoms with E-state index >= 15 is 0 Å². The van der Waals surface area contributed by atoms with E-state index in [4.69, 9.17) is 4.52 Å². The Bertz CT molecular complexity index is 707. The van der Waals surface area contributed by atoms with Crippen molar-refractivity contribution in [2.75, 3.05) is 6.54 Å². The maximum atomic E-state index is 12.7. The Morgan fingerprint density at radius 1 is 1.48 bits per heavy atom. The van der Waals surface area contributed by atoms with Gasteiger partial charge in [-0.2, -0.15) is 20.6 Å². The summed E-state index contributed by atoms with van der Waals surface area (Å²) in [6.45, 7) is 4.44. The summed E-state index contributed by atoms with van der Waals surface area (Å²) in [4.78, 5) is 4.69. The lowest BCUT2D eigenvalue weighted by molar-refractivity contribution is 0.289. The standard InChI is InChI=1S/C13H17N3O3S2/c1-9(2)12-14-13(19-15-12)11-4-3-6-16(11)21(17,18)10-5-7-20-8-10/h5,7-9,11H,3-4,6H2,1-2H3/t11-/m0/s1. The Morgan fingerprint density at radius 2 is 2.29 bits per heavy atom. The van der Waals surface area contributed by atoms with Gasteiger partial charge in [-0.05, 0) is 24.3 Å². The number of nitrogens with zero attached hydrogens (tertiary/aromatic N) is 3. The number of thiophene rings is 1. The average molecular weight is 327 g/mol. The molecular weight excluding hydrogens is 310 g/mol. The number of hydrogen-bond acceptors (Lipinski definition) is 6. The van der Waals surface area contributed by atoms with E-state index in [0.29, 0.717) is 29.6 Å². The first-order valence-corrected chi connectivity index (χ1v) is 9.26. The van der Waals surface area contributed by atoms with Gasteiger partial charge < -0.3 is 4.52 Å². The van der Waals surface area contributed by atoms with E-state index in [9.17, 15) is 8.42 Å². The largest absolute Gasteiger partial charge is 0.338 e. The van der Waals surface area contributed by atoms with Gasteiger partial charge in [0, 0.05) is 17.8 Å². The highest BCUT2D eigenvalue weighted by atomic mass is 32.2. The molecule has 0 spiro atoms. The predicted molar refractivity (Wildman–Crippen MR) is 78.6 cm³/mol. The Hall–Kier alpha value is -1.25. The van der Waals surface area contributed by atoms with Crippen LogP contribution in [0.1, 0.15) is 50.4 Å². The third kappa shape index (κ3) is 2.63. The highest BCUT2D eigenvalue weighted by molar-refractivity contribution is 7.89. The first-order chi connectivity index (χ1) is 10.00. The summed E-state index contributed by atoms with van der Waals surface area (Å²) in [5.74, 6) is 1.17. The molecule has 1 fully saturated rings. The van der Waals surface area contributed by atoms with Gasteiger partial charge in [0.2, 0.25) is 15.9 Å². The molecular formula is C13H17N3O3S2. The molecule has 3 rings (SSSR count). The molecule has 1 saturated heterocycles. The minimum absolute atomic E-state index is 0.158. The van der Waals surface area contributed by atoms with Crippen LogP contribution in [0.3, 0.4) is 0 Å². The zero-order chi connectivity index (χ0) is 15.0. The van der Waals surface area contributed by atoms with Crippen LogP contribution >= 0.6 is 11.3 Å². The summed E-state index contributed by atoms with van der Waals surface area (Å²) >= 11 is 1.37. The van der Waals surface area contributed by atoms with Crippen molar-refractivity contribution in [3.63, 3.8) is 0 Å². The van der Waals surface area contributed by atoms with Crippen molar-refractivity contribution in [1.82, 2.24) is 14.4 Å². The molecule has 0 radical (unpaired) electrons. The van der Waals surface area contributed by atoms with Gasteiger partial charge in [0.15, 0.2) is 5.82 Å². The Balaban J connectivity index is 1.92. The second kappa shape index (κ2) is 5.51. The normalized spacial score (nSPS) is 20.4. The van der Waals surface area contributed by atoms with E-state index in [0.717, 1.165) is 6.42 Å². The molecule has 6 nitrogen and oxygen atoms in total. The van der Waals surface area contributed by atoms with Gasteiger partial charge in [-0.3, -0.25) is 0 Å². The van der Waals surface area contributed by atoms with Gasteiger partial charge in [-0.1, -0.05) is 19.0 Å². The van der Waals surface area contributed by atoms with Crippen LogP contribution in [-0.4, -0.2) is 29.4 Å². The Labute approximate surface area is 127 Å². The van der Waals surface area contributed by atoms with Gasteiger partial charge in [-0.15, -0.1) is 0 Å². The maximum Gasteiger partial charge on any atom is 0.245 e. The molecule has 1 atom stereocenters. The zero-order valence-corrected chi connectivity index (χ0v) is 13.5. The average Bonchev–Trinajstić information content (AvgIpc) is 3.19. The maximum absolute atomic E-state index is 12.7. The molecule has 21 heavy (non-hydrogen) atoms. The van der Waals surface area contributed by atoms with Crippen molar-refractivity contribution in [2.24, 2.45) is 0 Å². The lowest BCUT2D eigenvalue weighted by Gasteiger charge is -2.20. The first-order valence-electron chi connectivity index (χ1n) is 6.87. The quantitative estimate of drug-likeness (QED) is 0.863. The van der Waals surface area contributed by atoms with Crippen molar-refractivity contribution in [3.05, 3.63) is 28.5 Å². The summed E-state index contributed by atoms with van der Waals surface area (Å²) in [5, 5.41) is 7.35. The van der Waals surface area contributed by atoms with Crippen LogP contribution in [-0.2, 0) is 10.0 Å². The fraction of sp³-hybridized carbons (Fsp3) is 0.538. The lowest BCUT2D eigenvalue weighted by Crippen LogP contribution is -2.30. The third-order valence-electron chi connectivity index (χ3n) is 3.56. The molecule has 0 aromatic carbocycles. The van der Waals surface area contributed by atoms with Crippen molar-refractivity contribution in [3.8, 4) is 0 Å². The van der Waals surface area contributed by atoms with Gasteiger partial charge in [0.05, 0.1) is 4.90 Å². The molecule has 0 saturated carbocycles. The molecule has 1 aliphatic heterocycles. The molecule has 0 unspecified atom stereocenters. The highest BCUT2D eigenvalue weighted by Gasteiger charge is 2.39. The van der Waals surface area contributed by atoms with Gasteiger partial charge in [0.1, 0.15) is 6.04 Å². The van der Waals surface area contributed by atoms with Gasteiger partial charge >= 0.3 is 0 Å². The fourth-order valence-corrected chi connectivity index (χ4v) is 5.09. The summed E-state index contributed by atoms with van der Waals surface area (Å²) in [5.41, 5.74) is 0. The fourth-order valence-electron chi connectivity index (χ4n) is 2.43. The molecule has 0 amide bonds. The van der Waals surface area contributed by atoms with E-state index in [1.807, 2.05) is 13.8 Å². The predicted octanol–water partition coefficient (Wildman–Crippen LogP) is 2.78. The van der Waals surface area contributed by atoms with E-state index in [2.05, 4.69) is 10.1 Å². The van der Waals surface area contributed by atoms with Crippen LogP contribution in [0, 0.1) is 0 Å². The van der Waals surface area contributed by atoms with Crippen molar-refractivity contribution in [1.29, 1.82) is 0 Å². The number of hydrogen-bond donors (Lipinski definition) is 0. The number of rotatable bonds is 4. The Morgan fingerprint density at radius 3 is 2.90 bits per heavy atom. The van der Waals surface area contributed by atoms with Crippen molar-refractivity contribution < 1.29 is 12.9 Å². The van der Waals surface area contributed by atoms with Crippen LogP contribution in [0.15, 0.2) is 26.2 Å². The lowest BCUT2D eigenvalue weighted by atomic mass is 10.2. The molecule has 2 aromatic heterocycles. The smallest absolute Gasteiger partial charge is 0.245 e.